The molecule has 4 N–H and O–H groups in total. The molecule has 0 atom stereocenters. The number of benzene rings is 3. The Labute approximate surface area is 209 Å². The van der Waals surface area contributed by atoms with Gasteiger partial charge in [-0.3, -0.25) is 0 Å². The Morgan fingerprint density at radius 2 is 1.00 bits per heavy atom. The van der Waals surface area contributed by atoms with Gasteiger partial charge in [-0.15, -0.1) is 0 Å². The van der Waals surface area contributed by atoms with Crippen molar-refractivity contribution in [3.05, 3.63) is 60.7 Å². The number of nitrogens with one attached hydrogen (secondary N) is 4. The maximum atomic E-state index is 5.03. The lowest BCUT2D eigenvalue weighted by Gasteiger charge is -2.26. The predicted octanol–water partition coefficient (Wildman–Crippen LogP) is 3.59. The summed E-state index contributed by atoms with van der Waals surface area (Å²) in [4.78, 5) is 21.8. The molecule has 0 amide bonds. The van der Waals surface area contributed by atoms with Crippen molar-refractivity contribution < 1.29 is 0 Å². The van der Waals surface area contributed by atoms with E-state index in [-0.39, 0.29) is 0 Å². The summed E-state index contributed by atoms with van der Waals surface area (Å²) < 4.78 is 0. The molecule has 8 heteroatoms. The van der Waals surface area contributed by atoms with Crippen LogP contribution in [0.1, 0.15) is 0 Å². The first-order valence-electron chi connectivity index (χ1n) is 12.8. The fourth-order valence-corrected chi connectivity index (χ4v) is 5.41. The van der Waals surface area contributed by atoms with Crippen molar-refractivity contribution in [3.8, 4) is 22.3 Å². The molecule has 0 spiro atoms. The number of rotatable bonds is 4. The molecule has 2 aromatic heterocycles. The second-order valence-corrected chi connectivity index (χ2v) is 9.58. The van der Waals surface area contributed by atoms with Crippen LogP contribution >= 0.6 is 0 Å². The van der Waals surface area contributed by atoms with Crippen molar-refractivity contribution in [2.24, 2.45) is 0 Å². The average molecular weight is 479 g/mol. The lowest BCUT2D eigenvalue weighted by molar-refractivity contribution is 0.582. The van der Waals surface area contributed by atoms with E-state index in [0.29, 0.717) is 0 Å². The normalized spacial score (nSPS) is 16.8. The highest BCUT2D eigenvalue weighted by Gasteiger charge is 2.18. The Morgan fingerprint density at radius 3 is 1.47 bits per heavy atom. The lowest BCUT2D eigenvalue weighted by atomic mass is 9.97. The van der Waals surface area contributed by atoms with Gasteiger partial charge in [0.15, 0.2) is 0 Å². The molecule has 0 aliphatic carbocycles. The standard InChI is InChI=1S/C28H30N8/c1-4-19(21-6-2-8-23-25(21)33-27(31-23)35-14-10-29-11-15-35)18-20(5-1)22-7-3-9-24-26(22)34-28(32-24)36-16-12-30-13-17-36/h1-9,18,29-30H,10-17H2,(H,31,33)(H,32,34). The van der Waals surface area contributed by atoms with Crippen molar-refractivity contribution in [2.75, 3.05) is 62.2 Å². The van der Waals surface area contributed by atoms with Gasteiger partial charge in [-0.2, -0.15) is 0 Å². The SMILES string of the molecule is c1cc(-c2cccc3[nH]c(N4CCNCC4)nc23)cc(-c2cccc3[nH]c(N4CCNCC4)nc23)c1. The van der Waals surface area contributed by atoms with Crippen molar-refractivity contribution in [2.45, 2.75) is 0 Å². The zero-order valence-electron chi connectivity index (χ0n) is 20.2. The van der Waals surface area contributed by atoms with E-state index < -0.39 is 0 Å². The lowest BCUT2D eigenvalue weighted by Crippen LogP contribution is -2.44. The second kappa shape index (κ2) is 8.96. The molecule has 0 radical (unpaired) electrons. The Balaban J connectivity index is 1.28. The van der Waals surface area contributed by atoms with E-state index in [2.05, 4.69) is 91.1 Å². The molecule has 182 valence electrons. The quantitative estimate of drug-likeness (QED) is 0.316. The molecule has 2 fully saturated rings. The van der Waals surface area contributed by atoms with Crippen molar-refractivity contribution >= 4 is 34.0 Å². The Bertz CT molecular complexity index is 1410. The predicted molar refractivity (Wildman–Crippen MR) is 147 cm³/mol. The van der Waals surface area contributed by atoms with Crippen molar-refractivity contribution in [1.29, 1.82) is 0 Å². The Morgan fingerprint density at radius 1 is 0.556 bits per heavy atom. The van der Waals surface area contributed by atoms with Crippen molar-refractivity contribution in [1.82, 2.24) is 30.6 Å². The van der Waals surface area contributed by atoms with Gasteiger partial charge in [0, 0.05) is 63.5 Å². The zero-order valence-corrected chi connectivity index (χ0v) is 20.2. The van der Waals surface area contributed by atoms with Crippen LogP contribution in [0.25, 0.3) is 44.3 Å². The van der Waals surface area contributed by atoms with Crippen LogP contribution in [-0.2, 0) is 0 Å². The molecule has 5 aromatic rings. The van der Waals surface area contributed by atoms with Crippen LogP contribution in [-0.4, -0.2) is 72.3 Å². The summed E-state index contributed by atoms with van der Waals surface area (Å²) in [6.07, 6.45) is 0. The number of anilines is 2. The first-order chi connectivity index (χ1) is 17.8. The number of aromatic nitrogens is 4. The number of fused-ring (bicyclic) bond motifs is 2. The Kier molecular flexibility index (Phi) is 5.33. The first-order valence-corrected chi connectivity index (χ1v) is 12.8. The van der Waals surface area contributed by atoms with Gasteiger partial charge in [-0.1, -0.05) is 42.5 Å². The number of hydrogen-bond donors (Lipinski definition) is 4. The number of imidazole rings is 2. The molecule has 0 bridgehead atoms. The topological polar surface area (TPSA) is 87.9 Å². The molecule has 8 nitrogen and oxygen atoms in total. The number of para-hydroxylation sites is 2. The molecule has 4 heterocycles. The number of hydrogen-bond acceptors (Lipinski definition) is 6. The molecule has 2 aliphatic heterocycles. The Hall–Kier alpha value is -3.88. The third kappa shape index (κ3) is 3.79. The van der Waals surface area contributed by atoms with Crippen LogP contribution in [0.2, 0.25) is 0 Å². The van der Waals surface area contributed by atoms with Crippen LogP contribution < -0.4 is 20.4 Å². The van der Waals surface area contributed by atoms with Gasteiger partial charge >= 0.3 is 0 Å². The third-order valence-electron chi connectivity index (χ3n) is 7.32. The minimum atomic E-state index is 0.955. The number of aromatic amines is 2. The summed E-state index contributed by atoms with van der Waals surface area (Å²) >= 11 is 0. The van der Waals surface area contributed by atoms with Gasteiger partial charge in [-0.25, -0.2) is 9.97 Å². The monoisotopic (exact) mass is 478 g/mol. The van der Waals surface area contributed by atoms with Gasteiger partial charge in [0.05, 0.1) is 22.1 Å². The van der Waals surface area contributed by atoms with Gasteiger partial charge in [0.2, 0.25) is 11.9 Å². The maximum Gasteiger partial charge on any atom is 0.203 e. The van der Waals surface area contributed by atoms with Crippen LogP contribution in [0.15, 0.2) is 60.7 Å². The molecule has 0 saturated carbocycles. The summed E-state index contributed by atoms with van der Waals surface area (Å²) in [5.74, 6) is 1.91. The molecule has 2 saturated heterocycles. The minimum Gasteiger partial charge on any atom is -0.340 e. The minimum absolute atomic E-state index is 0.955. The van der Waals surface area contributed by atoms with Crippen LogP contribution in [0.5, 0.6) is 0 Å². The summed E-state index contributed by atoms with van der Waals surface area (Å²) in [6, 6.07) is 21.5. The molecule has 3 aromatic carbocycles. The fraction of sp³-hybridized carbons (Fsp3) is 0.286. The smallest absolute Gasteiger partial charge is 0.203 e. The highest BCUT2D eigenvalue weighted by molar-refractivity contribution is 5.97. The van der Waals surface area contributed by atoms with Gasteiger partial charge in [0.25, 0.3) is 0 Å². The van der Waals surface area contributed by atoms with Crippen molar-refractivity contribution in [3.63, 3.8) is 0 Å². The van der Waals surface area contributed by atoms with Gasteiger partial charge in [-0.05, 0) is 29.3 Å². The van der Waals surface area contributed by atoms with Crippen LogP contribution in [0.3, 0.4) is 0 Å². The second-order valence-electron chi connectivity index (χ2n) is 9.58. The summed E-state index contributed by atoms with van der Waals surface area (Å²) in [7, 11) is 0. The fourth-order valence-electron chi connectivity index (χ4n) is 5.41. The van der Waals surface area contributed by atoms with Crippen LogP contribution in [0.4, 0.5) is 11.9 Å². The van der Waals surface area contributed by atoms with E-state index in [4.69, 9.17) is 9.97 Å². The number of H-pyrrole nitrogens is 2. The molecular weight excluding hydrogens is 448 g/mol. The van der Waals surface area contributed by atoms with Gasteiger partial charge in [0.1, 0.15) is 0 Å². The van der Waals surface area contributed by atoms with E-state index in [0.717, 1.165) is 109 Å². The van der Waals surface area contributed by atoms with E-state index in [1.54, 1.807) is 0 Å². The summed E-state index contributed by atoms with van der Waals surface area (Å²) in [5.41, 5.74) is 8.77. The van der Waals surface area contributed by atoms with E-state index in [9.17, 15) is 0 Å². The highest BCUT2D eigenvalue weighted by Crippen LogP contribution is 2.34. The molecule has 2 aliphatic rings. The molecule has 36 heavy (non-hydrogen) atoms. The maximum absolute atomic E-state index is 5.03. The molecular formula is C28H30N8. The average Bonchev–Trinajstić information content (AvgIpc) is 3.59. The van der Waals surface area contributed by atoms with Crippen LogP contribution in [0, 0.1) is 0 Å². The number of nitrogens with zero attached hydrogens (tertiary/aromatic N) is 4. The van der Waals surface area contributed by atoms with Gasteiger partial charge < -0.3 is 30.4 Å². The summed E-state index contributed by atoms with van der Waals surface area (Å²) in [5, 5.41) is 6.83. The van der Waals surface area contributed by atoms with E-state index in [1.807, 2.05) is 0 Å². The number of piperazine rings is 2. The highest BCUT2D eigenvalue weighted by atomic mass is 15.3. The van der Waals surface area contributed by atoms with E-state index in [1.165, 1.54) is 0 Å². The molecule has 7 rings (SSSR count). The third-order valence-corrected chi connectivity index (χ3v) is 7.32. The molecule has 0 unspecified atom stereocenters. The van der Waals surface area contributed by atoms with E-state index >= 15 is 0 Å². The zero-order chi connectivity index (χ0) is 23.9. The summed E-state index contributed by atoms with van der Waals surface area (Å²) in [6.45, 7) is 7.81. The first kappa shape index (κ1) is 21.4. The largest absolute Gasteiger partial charge is 0.340 e.